The molecule has 2 aromatic rings. The summed E-state index contributed by atoms with van der Waals surface area (Å²) in [4.78, 5) is 14.7. The number of amides is 1. The predicted molar refractivity (Wildman–Crippen MR) is 109 cm³/mol. The molecule has 2 aromatic carbocycles. The number of para-hydroxylation sites is 1. The van der Waals surface area contributed by atoms with Gasteiger partial charge in [-0.15, -0.1) is 0 Å². The number of carbonyl (C=O) groups excluding carboxylic acids is 1. The topological polar surface area (TPSA) is 32.3 Å². The van der Waals surface area contributed by atoms with Gasteiger partial charge in [-0.1, -0.05) is 63.2 Å². The Bertz CT molecular complexity index is 744. The molecule has 138 valence electrons. The average Bonchev–Trinajstić information content (AvgIpc) is 2.82. The Balaban J connectivity index is 1.58. The van der Waals surface area contributed by atoms with Crippen LogP contribution in [0.3, 0.4) is 0 Å². The minimum Gasteiger partial charge on any atom is -0.362 e. The Hall–Kier alpha value is -2.29. The lowest BCUT2D eigenvalue weighted by Crippen LogP contribution is -2.37. The Morgan fingerprint density at radius 2 is 1.77 bits per heavy atom. The zero-order valence-corrected chi connectivity index (χ0v) is 16.2. The van der Waals surface area contributed by atoms with Gasteiger partial charge in [-0.2, -0.15) is 0 Å². The quantitative estimate of drug-likeness (QED) is 0.884. The predicted octanol–water partition coefficient (Wildman–Crippen LogP) is 4.44. The van der Waals surface area contributed by atoms with E-state index in [0.29, 0.717) is 13.1 Å². The molecule has 1 N–H and O–H groups in total. The molecule has 0 unspecified atom stereocenters. The van der Waals surface area contributed by atoms with Crippen molar-refractivity contribution in [3.05, 3.63) is 65.2 Å². The van der Waals surface area contributed by atoms with Crippen molar-refractivity contribution < 1.29 is 4.79 Å². The molecule has 1 heterocycles. The standard InChI is InChI=1S/C23H30N2O/c1-23(2,3)20-13-11-18(12-14-20)16-24-22(26)17-25-15-7-6-9-19-8-4-5-10-21(19)25/h4-5,8,10-14H,6-7,9,15-17H2,1-3H3,(H,24,26). The summed E-state index contributed by atoms with van der Waals surface area (Å²) in [5.41, 5.74) is 5.18. The van der Waals surface area contributed by atoms with Crippen molar-refractivity contribution in [2.75, 3.05) is 18.0 Å². The van der Waals surface area contributed by atoms with Gasteiger partial charge in [0.15, 0.2) is 0 Å². The van der Waals surface area contributed by atoms with Gasteiger partial charge in [0.2, 0.25) is 5.91 Å². The van der Waals surface area contributed by atoms with Gasteiger partial charge in [-0.25, -0.2) is 0 Å². The second kappa shape index (κ2) is 7.94. The first kappa shape index (κ1) is 18.5. The summed E-state index contributed by atoms with van der Waals surface area (Å²) in [5.74, 6) is 0.0848. The lowest BCUT2D eigenvalue weighted by atomic mass is 9.87. The van der Waals surface area contributed by atoms with Crippen LogP contribution in [-0.2, 0) is 23.2 Å². The molecule has 0 saturated carbocycles. The van der Waals surface area contributed by atoms with E-state index in [4.69, 9.17) is 0 Å². The van der Waals surface area contributed by atoms with Gasteiger partial charge in [0.05, 0.1) is 6.54 Å². The van der Waals surface area contributed by atoms with E-state index in [9.17, 15) is 4.79 Å². The molecular weight excluding hydrogens is 320 g/mol. The van der Waals surface area contributed by atoms with Crippen LogP contribution in [0, 0.1) is 0 Å². The van der Waals surface area contributed by atoms with E-state index in [1.165, 1.54) is 23.2 Å². The van der Waals surface area contributed by atoms with Gasteiger partial charge in [-0.3, -0.25) is 4.79 Å². The number of carbonyl (C=O) groups is 1. The number of rotatable bonds is 4. The highest BCUT2D eigenvalue weighted by Gasteiger charge is 2.17. The number of hydrogen-bond donors (Lipinski definition) is 1. The molecule has 0 aliphatic carbocycles. The van der Waals surface area contributed by atoms with Crippen LogP contribution < -0.4 is 10.2 Å². The molecule has 0 saturated heterocycles. The van der Waals surface area contributed by atoms with Crippen LogP contribution in [0.4, 0.5) is 5.69 Å². The Morgan fingerprint density at radius 1 is 1.04 bits per heavy atom. The van der Waals surface area contributed by atoms with Crippen LogP contribution in [-0.4, -0.2) is 19.0 Å². The van der Waals surface area contributed by atoms with E-state index < -0.39 is 0 Å². The average molecular weight is 351 g/mol. The van der Waals surface area contributed by atoms with Crippen molar-refractivity contribution in [3.63, 3.8) is 0 Å². The molecule has 3 rings (SSSR count). The fourth-order valence-electron chi connectivity index (χ4n) is 3.49. The number of hydrogen-bond acceptors (Lipinski definition) is 2. The Labute approximate surface area is 157 Å². The lowest BCUT2D eigenvalue weighted by Gasteiger charge is -2.24. The first-order valence-corrected chi connectivity index (χ1v) is 9.62. The highest BCUT2D eigenvalue weighted by atomic mass is 16.2. The molecule has 0 fully saturated rings. The van der Waals surface area contributed by atoms with Gasteiger partial charge in [0.1, 0.15) is 0 Å². The SMILES string of the molecule is CC(C)(C)c1ccc(CNC(=O)CN2CCCCc3ccccc32)cc1. The van der Waals surface area contributed by atoms with Gasteiger partial charge in [-0.05, 0) is 47.4 Å². The van der Waals surface area contributed by atoms with Crippen molar-refractivity contribution in [1.29, 1.82) is 0 Å². The van der Waals surface area contributed by atoms with Crippen molar-refractivity contribution in [3.8, 4) is 0 Å². The second-order valence-electron chi connectivity index (χ2n) is 8.23. The zero-order chi connectivity index (χ0) is 18.6. The van der Waals surface area contributed by atoms with Gasteiger partial charge >= 0.3 is 0 Å². The molecule has 1 aliphatic heterocycles. The van der Waals surface area contributed by atoms with Crippen LogP contribution in [0.2, 0.25) is 0 Å². The Kier molecular flexibility index (Phi) is 5.65. The summed E-state index contributed by atoms with van der Waals surface area (Å²) >= 11 is 0. The number of anilines is 1. The summed E-state index contributed by atoms with van der Waals surface area (Å²) in [6.45, 7) is 8.59. The Morgan fingerprint density at radius 3 is 2.50 bits per heavy atom. The summed E-state index contributed by atoms with van der Waals surface area (Å²) in [6, 6.07) is 17.0. The summed E-state index contributed by atoms with van der Waals surface area (Å²) in [5, 5.41) is 3.08. The largest absolute Gasteiger partial charge is 0.362 e. The third-order valence-corrected chi connectivity index (χ3v) is 5.10. The van der Waals surface area contributed by atoms with Crippen molar-refractivity contribution in [1.82, 2.24) is 5.32 Å². The van der Waals surface area contributed by atoms with Crippen LogP contribution in [0.25, 0.3) is 0 Å². The van der Waals surface area contributed by atoms with E-state index in [0.717, 1.165) is 24.9 Å². The van der Waals surface area contributed by atoms with Crippen LogP contribution in [0.5, 0.6) is 0 Å². The van der Waals surface area contributed by atoms with E-state index in [1.54, 1.807) is 0 Å². The number of fused-ring (bicyclic) bond motifs is 1. The normalized spacial score (nSPS) is 14.5. The summed E-state index contributed by atoms with van der Waals surface area (Å²) in [7, 11) is 0. The molecule has 0 radical (unpaired) electrons. The summed E-state index contributed by atoms with van der Waals surface area (Å²) < 4.78 is 0. The van der Waals surface area contributed by atoms with Gasteiger partial charge in [0, 0.05) is 18.8 Å². The molecule has 1 amide bonds. The monoisotopic (exact) mass is 350 g/mol. The maximum absolute atomic E-state index is 12.5. The summed E-state index contributed by atoms with van der Waals surface area (Å²) in [6.07, 6.45) is 3.43. The zero-order valence-electron chi connectivity index (χ0n) is 16.2. The van der Waals surface area contributed by atoms with E-state index in [2.05, 4.69) is 79.5 Å². The molecule has 0 aromatic heterocycles. The highest BCUT2D eigenvalue weighted by Crippen LogP contribution is 2.25. The number of benzene rings is 2. The smallest absolute Gasteiger partial charge is 0.239 e. The third-order valence-electron chi connectivity index (χ3n) is 5.10. The van der Waals surface area contributed by atoms with E-state index in [-0.39, 0.29) is 11.3 Å². The molecule has 0 spiro atoms. The molecule has 26 heavy (non-hydrogen) atoms. The number of nitrogens with zero attached hydrogens (tertiary/aromatic N) is 1. The fourth-order valence-corrected chi connectivity index (χ4v) is 3.49. The van der Waals surface area contributed by atoms with Crippen LogP contribution in [0.15, 0.2) is 48.5 Å². The van der Waals surface area contributed by atoms with Crippen molar-refractivity contribution in [2.45, 2.75) is 52.0 Å². The third kappa shape index (κ3) is 4.66. The maximum Gasteiger partial charge on any atom is 0.239 e. The molecule has 3 heteroatoms. The van der Waals surface area contributed by atoms with Crippen LogP contribution in [0.1, 0.15) is 50.3 Å². The maximum atomic E-state index is 12.5. The minimum atomic E-state index is 0.0848. The lowest BCUT2D eigenvalue weighted by molar-refractivity contribution is -0.119. The number of aryl methyl sites for hydroxylation is 1. The molecular formula is C23H30N2O. The van der Waals surface area contributed by atoms with Crippen molar-refractivity contribution >= 4 is 11.6 Å². The highest BCUT2D eigenvalue weighted by molar-refractivity contribution is 5.81. The fraction of sp³-hybridized carbons (Fsp3) is 0.435. The van der Waals surface area contributed by atoms with E-state index >= 15 is 0 Å². The second-order valence-corrected chi connectivity index (χ2v) is 8.23. The molecule has 0 atom stereocenters. The van der Waals surface area contributed by atoms with Gasteiger partial charge in [0.25, 0.3) is 0 Å². The molecule has 0 bridgehead atoms. The first-order chi connectivity index (χ1) is 12.4. The minimum absolute atomic E-state index is 0.0848. The van der Waals surface area contributed by atoms with Crippen LogP contribution >= 0.6 is 0 Å². The van der Waals surface area contributed by atoms with E-state index in [1.807, 2.05) is 0 Å². The first-order valence-electron chi connectivity index (χ1n) is 9.62. The van der Waals surface area contributed by atoms with Gasteiger partial charge < -0.3 is 10.2 Å². The van der Waals surface area contributed by atoms with Crippen molar-refractivity contribution in [2.24, 2.45) is 0 Å². The molecule has 1 aliphatic rings. The number of nitrogens with one attached hydrogen (secondary N) is 1. The molecule has 3 nitrogen and oxygen atoms in total.